The number of nitrogens with zero attached hydrogens (tertiary/aromatic N) is 5. The number of halogens is 4. The molecule has 0 radical (unpaired) electrons. The van der Waals surface area contributed by atoms with E-state index >= 15 is 8.78 Å². The minimum atomic E-state index is -4.62. The Labute approximate surface area is 817 Å². The lowest BCUT2D eigenvalue weighted by atomic mass is 10.1. The number of aromatic nitrogens is 2. The number of nitrogens with two attached hydrogens (primary N) is 1. The number of hydrogen-bond donors (Lipinski definition) is 6. The molecule has 0 bridgehead atoms. The maximum absolute atomic E-state index is 15.4. The highest BCUT2D eigenvalue weighted by Gasteiger charge is 2.46. The summed E-state index contributed by atoms with van der Waals surface area (Å²) in [5, 5.41) is 14.6. The number of aliphatic hydroxyl groups is 1. The van der Waals surface area contributed by atoms with Gasteiger partial charge in [0, 0.05) is 370 Å². The van der Waals surface area contributed by atoms with Crippen LogP contribution in [0.25, 0.3) is 0 Å². The van der Waals surface area contributed by atoms with E-state index in [4.69, 9.17) is 297 Å². The van der Waals surface area contributed by atoms with Gasteiger partial charge >= 0.3 is 30.2 Å². The second kappa shape index (κ2) is 30.5. The van der Waals surface area contributed by atoms with Crippen LogP contribution in [0, 0.1) is 54.9 Å². The number of benzene rings is 2. The molecule has 3 saturated heterocycles. The fourth-order valence-corrected chi connectivity index (χ4v) is 12.6. The monoisotopic (exact) mass is 1720 g/mol. The number of aliphatic hydroxyl groups excluding tert-OH is 1. The molecule has 27 nitrogen and oxygen atoms in total. The van der Waals surface area contributed by atoms with Crippen LogP contribution < -0.4 is 25.8 Å². The van der Waals surface area contributed by atoms with Crippen molar-refractivity contribution in [2.45, 2.75) is 135 Å². The first kappa shape index (κ1) is 18.8. The normalized spacial score (nSPS) is 26.9. The van der Waals surface area contributed by atoms with Crippen molar-refractivity contribution in [3.8, 4) is 0 Å². The van der Waals surface area contributed by atoms with Gasteiger partial charge in [-0.15, -0.1) is 0 Å². The average Bonchev–Trinajstić information content (AvgIpc) is 1.62. The van der Waals surface area contributed by atoms with Gasteiger partial charge in [0.05, 0.1) is 31.1 Å². The smallest absolute Gasteiger partial charge is 0.410 e. The van der Waals surface area contributed by atoms with Gasteiger partial charge in [-0.1, -0.05) is 0 Å². The van der Waals surface area contributed by atoms with Crippen LogP contribution in [0.4, 0.5) is 43.3 Å². The lowest BCUT2D eigenvalue weighted by Crippen LogP contribution is -2.43. The van der Waals surface area contributed by atoms with Crippen LogP contribution in [0.2, 0.25) is 0 Å². The minimum absolute atomic E-state index is 0. The van der Waals surface area contributed by atoms with Crippen molar-refractivity contribution in [2.24, 2.45) is 37.6 Å². The molecule has 33 heteroatoms. The van der Waals surface area contributed by atoms with Crippen LogP contribution in [0.1, 0.15) is 377 Å². The van der Waals surface area contributed by atoms with Gasteiger partial charge in [-0.3, -0.25) is 19.2 Å². The van der Waals surface area contributed by atoms with Crippen molar-refractivity contribution in [2.75, 3.05) is 69.7 Å². The van der Waals surface area contributed by atoms with Gasteiger partial charge in [0.15, 0.2) is 11.6 Å². The van der Waals surface area contributed by atoms with Crippen LogP contribution in [0.5, 0.6) is 0 Å². The Kier molecular flexibility index (Phi) is 6.16. The summed E-state index contributed by atoms with van der Waals surface area (Å²) in [5.41, 5.74) is 3.50. The Morgan fingerprint density at radius 1 is 0.581 bits per heavy atom. The van der Waals surface area contributed by atoms with Crippen LogP contribution in [-0.2, 0) is 67.4 Å². The lowest BCUT2D eigenvalue weighted by molar-refractivity contribution is -0.148. The van der Waals surface area contributed by atoms with Crippen LogP contribution in [0.3, 0.4) is 0 Å². The zero-order valence-electron chi connectivity index (χ0n) is 235. The van der Waals surface area contributed by atoms with Gasteiger partial charge in [0.2, 0.25) is 20.0 Å². The molecule has 5 amide bonds. The van der Waals surface area contributed by atoms with Gasteiger partial charge in [-0.2, -0.15) is 0 Å². The SMILES string of the molecule is CCOC(=O)C1CN(C(=O)OC(C)(C)C)CC1N.CCOC(=O)C1CN(C(=O)OC(C)(C)C)CC1NS(=O)(=O)c1cn(C)c(C(=O)Nc2ccc(F)c(C)c2)c1F.Cc1cc(NC(=O)c2c(F)c(S(=O)(=O)NC3CN(C(=O)OC(C)(C)C)CC3CO)cn2C)ccc1F.[2HH].[2H][2H].[2H][2H].[2H][2H].[2H][2H].[2H][2H].[2H][2H].[2H][2H].[2H][2H].[2H][2H].[2H][2H].[2H][2H].[2H][2H].[2H][2H].[2H][2H].[2H][2H].[2H][2H].[2H][2H].[2H][2H].[2H][2H].[2H][2H].[2H][2H].[2H][2H].[2H][2H].[2H][2H].[2H][2H].[2H][2H].[2H][2H].[2H][2H].[2H][2H].[2H][2H].[2H][2H].[2H][2H].[2H][2H].[2H][2H].[2H][2H].[2H][2H].[2H][2H].[2H][2H].[2H][2H].[2H][2H].[2H][2H].[2H][2H].[2H][2H].[2H][2H].[2H][2H].[2H][2H].[2H][2H].[2H][2H].[2H][2H].[2H][2H].[2H][2H].[2H][2H].[2H][2H].[2H][2H].[2H][2H].[2H][2H].[2H][2H].[2H][2H].[2H][2H].[2H][2H].[2H][2H].[2H][2H].[2H][2H].[2H][2H].[2H][2H].[2H][2H].[2H][2H].[2H][2H].[2H][2H].[2H][2H].[2H][2H].[2H][2H].[2H][2H].[2H][2H].[2H][2H].[2H][2H].[2H][2H].[2H][2H].[2H][2H].[2H][2H].[2H][2H].[2H][2H].[2H][2H].[2H][2H].[2H][2H].[2H][2H].[2H][2H].[2H][2H].[2H][2H].[2H][2H]. The number of aryl methyl sites for hydroxylation is 4. The molecule has 6 unspecified atom stereocenters. The first-order valence-corrected chi connectivity index (χ1v) is 32.4. The number of anilines is 2. The third-order valence-electron chi connectivity index (χ3n) is 14.1. The molecule has 5 heterocycles. The van der Waals surface area contributed by atoms with Gasteiger partial charge in [0.25, 0.3) is 11.8 Å². The third kappa shape index (κ3) is 20.3. The van der Waals surface area contributed by atoms with E-state index < -0.39 is 160 Å². The number of sulfonamides is 2. The minimum Gasteiger partial charge on any atom is -0.466 e. The molecule has 0 spiro atoms. The fourth-order valence-electron chi connectivity index (χ4n) is 9.74. The topological polar surface area (TPSA) is 348 Å². The Hall–Kier alpha value is -7.85. The molecule has 2 aromatic carbocycles. The molecule has 3 aliphatic rings. The summed E-state index contributed by atoms with van der Waals surface area (Å²) in [6, 6.07) is 5.11. The van der Waals surface area contributed by atoms with E-state index in [-0.39, 0.29) is 69.2 Å². The van der Waals surface area contributed by atoms with Crippen LogP contribution in [-0.4, -0.2) is 182 Å². The van der Waals surface area contributed by atoms with Gasteiger partial charge in [0.1, 0.15) is 49.6 Å². The maximum Gasteiger partial charge on any atom is 0.410 e. The number of hydrogen-bond acceptors (Lipinski definition) is 18. The summed E-state index contributed by atoms with van der Waals surface area (Å²) < 4.78 is 1040. The van der Waals surface area contributed by atoms with Crippen molar-refractivity contribution in [3.05, 3.63) is 94.6 Å². The molecule has 2 aromatic heterocycles. The van der Waals surface area contributed by atoms with Crippen molar-refractivity contribution in [1.82, 2.24) is 33.3 Å². The van der Waals surface area contributed by atoms with E-state index in [0.717, 1.165) is 33.7 Å². The molecular weight excluding hydrogens is 1270 g/mol. The number of nitrogens with one attached hydrogen (secondary N) is 4. The van der Waals surface area contributed by atoms with E-state index in [1.54, 1.807) is 76.2 Å². The second-order valence-electron chi connectivity index (χ2n) is 25.3. The average molecular weight is 1720 g/mol. The molecule has 3 fully saturated rings. The Balaban J connectivity index is -0.0000000162. The molecule has 0 saturated carbocycles. The largest absolute Gasteiger partial charge is 0.466 e. The molecular formula is C60H266F4N10O17S2. The number of esters is 2. The lowest BCUT2D eigenvalue weighted by Gasteiger charge is -2.24. The van der Waals surface area contributed by atoms with E-state index in [2.05, 4.69) is 20.1 Å². The van der Waals surface area contributed by atoms with E-state index in [9.17, 15) is 64.3 Å². The van der Waals surface area contributed by atoms with Crippen molar-refractivity contribution >= 4 is 73.5 Å². The number of amides is 5. The summed E-state index contributed by atoms with van der Waals surface area (Å²) in [6.45, 7) is 21.8. The first-order chi connectivity index (χ1) is 133. The summed E-state index contributed by atoms with van der Waals surface area (Å²) in [7, 11) is -6.52. The number of ether oxygens (including phenoxy) is 5. The fraction of sp³-hybridized carbons (Fsp3) is 0.550. The first-order valence-electron chi connectivity index (χ1n) is 119. The predicted octanol–water partition coefficient (Wildman–Crippen LogP) is 28.4. The molecule has 6 atom stereocenters. The van der Waals surface area contributed by atoms with Crippen molar-refractivity contribution < 1.29 is 365 Å². The standard InChI is InChI=1S/C25H32F2N4O7S.C23H30F2N4O6S.C12H22N2O4.91H2/c1-7-37-23(33)16-11-31(24(34)38-25(3,4)5)12-18(16)29-39(35,36)19-13-30(6)21(20(19)27)22(32)28-15-8-9-17(26)14(2)10-15;1-13-8-15(6-7-16(13)24)26-21(31)20-19(25)18(11-28(20)5)36(33,34)27-17-10-29(9-14(17)12-30)22(32)35-23(2,3)4;1-5-17-10(15)8-6-14(7-9(8)13)11(16)18-12(2,3)4;;;;;;;;;;;;;;;;;;;;;;;;;;;;;;;;;;;;;;;;;;;;;;;;;;;;;;;;;;;;;;;;;;;;;;;;;;;;;;;;;;;;;;;;;;;/h8-10,13,16,18,29H,7,11-12H2,1-6H3,(H,28,32);6-8,11,14,17,27,30H,9-10,12H2,1-5H3,(H,26,31);8-9H,5-7,13H2,1-4H3;91*1H/i;;;90*1+1D;1+1. The molecule has 7 N–H and O–H groups in total. The molecule has 698 valence electrons. The zero-order chi connectivity index (χ0) is 250. The van der Waals surface area contributed by atoms with Gasteiger partial charge in [-0.05, 0) is 138 Å². The van der Waals surface area contributed by atoms with Gasteiger partial charge < -0.3 is 69.0 Å². The number of likely N-dealkylation sites (tertiary alicyclic amines) is 3. The second-order valence-corrected chi connectivity index (χ2v) is 28.7. The van der Waals surface area contributed by atoms with Crippen LogP contribution >= 0.6 is 0 Å². The van der Waals surface area contributed by atoms with Crippen molar-refractivity contribution in [3.63, 3.8) is 0 Å². The highest BCUT2D eigenvalue weighted by Crippen LogP contribution is 2.29. The summed E-state index contributed by atoms with van der Waals surface area (Å²) in [4.78, 5) is 88.8. The Morgan fingerprint density at radius 3 is 1.31 bits per heavy atom. The molecule has 3 aliphatic heterocycles. The molecule has 93 heavy (non-hydrogen) atoms. The molecule has 0 aliphatic carbocycles. The highest BCUT2D eigenvalue weighted by molar-refractivity contribution is 7.89. The zero-order valence-corrected chi connectivity index (χ0v) is 56.2. The highest BCUT2D eigenvalue weighted by atomic mass is 32.2. The Morgan fingerprint density at radius 2 is 0.935 bits per heavy atom. The molecule has 4 aromatic rings. The van der Waals surface area contributed by atoms with E-state index in [1.807, 2.05) is 0 Å². The third-order valence-corrected chi connectivity index (χ3v) is 17.1. The van der Waals surface area contributed by atoms with E-state index in [0.29, 0.717) is 13.2 Å². The van der Waals surface area contributed by atoms with E-state index in [1.165, 1.54) is 66.9 Å². The number of carbonyl (C=O) groups is 7. The maximum atomic E-state index is 15.4. The molecule has 7 rings (SSSR count). The summed E-state index contributed by atoms with van der Waals surface area (Å²) in [5.74, 6) is -8.72. The Bertz CT molecular complexity index is 3910. The quantitative estimate of drug-likeness (QED) is 0.0366. The number of carbonyl (C=O) groups excluding carboxylic acids is 7. The van der Waals surface area contributed by atoms with Crippen LogP contribution in [0.15, 0.2) is 58.6 Å². The van der Waals surface area contributed by atoms with Crippen molar-refractivity contribution in [1.29, 1.82) is 0 Å². The summed E-state index contributed by atoms with van der Waals surface area (Å²) >= 11 is 0. The summed E-state index contributed by atoms with van der Waals surface area (Å²) in [6.07, 6.45) is 0.0205. The number of rotatable bonds is 15. The predicted molar refractivity (Wildman–Crippen MR) is 522 cm³/mol. The van der Waals surface area contributed by atoms with Gasteiger partial charge in [-0.25, -0.2) is 58.2 Å².